The average molecular weight is 817 g/mol. The molecule has 0 fully saturated rings. The van der Waals surface area contributed by atoms with E-state index in [1.165, 1.54) is 108 Å². The minimum absolute atomic E-state index is 0.0849. The molecule has 9 aromatic rings. The Balaban J connectivity index is 1.24. The Hall–Kier alpha value is -5.41. The Bertz CT molecular complexity index is 3060. The summed E-state index contributed by atoms with van der Waals surface area (Å²) < 4.78 is 4.37. The van der Waals surface area contributed by atoms with Gasteiger partial charge in [0.1, 0.15) is 0 Å². The Morgan fingerprint density at radius 1 is 0.382 bits per heavy atom. The van der Waals surface area contributed by atoms with Crippen LogP contribution in [0.2, 0.25) is 0 Å². The van der Waals surface area contributed by atoms with Crippen molar-refractivity contribution >= 4 is 66.7 Å². The van der Waals surface area contributed by atoms with E-state index < -0.39 is 15.4 Å². The minimum atomic E-state index is -0.478. The van der Waals surface area contributed by atoms with Gasteiger partial charge >= 0.3 is 340 Å². The zero-order chi connectivity index (χ0) is 36.8. The van der Waals surface area contributed by atoms with Gasteiger partial charge in [0, 0.05) is 0 Å². The monoisotopic (exact) mass is 819 g/mol. The third-order valence-corrected chi connectivity index (χ3v) is 16.2. The van der Waals surface area contributed by atoms with Crippen LogP contribution in [-0.4, -0.2) is 31.9 Å². The Kier molecular flexibility index (Phi) is 7.53. The fourth-order valence-electron chi connectivity index (χ4n) is 9.59. The van der Waals surface area contributed by atoms with Crippen molar-refractivity contribution in [3.63, 3.8) is 0 Å². The zero-order valence-corrected chi connectivity index (χ0v) is 34.9. The molecule has 0 atom stereocenters. The van der Waals surface area contributed by atoms with Crippen LogP contribution in [0.4, 0.5) is 0 Å². The van der Waals surface area contributed by atoms with Crippen molar-refractivity contribution < 1.29 is 0 Å². The van der Waals surface area contributed by atoms with E-state index in [4.69, 9.17) is 0 Å². The van der Waals surface area contributed by atoms with E-state index in [1.807, 2.05) is 0 Å². The molecule has 5 radical (unpaired) electrons. The van der Waals surface area contributed by atoms with Gasteiger partial charge in [0.05, 0.1) is 0 Å². The maximum absolute atomic E-state index is 2.52. The third-order valence-electron chi connectivity index (χ3n) is 12.2. The molecule has 0 saturated carbocycles. The van der Waals surface area contributed by atoms with Crippen molar-refractivity contribution in [1.82, 2.24) is 0 Å². The van der Waals surface area contributed by atoms with Gasteiger partial charge in [-0.25, -0.2) is 0 Å². The fourth-order valence-corrected chi connectivity index (χ4v) is 13.4. The quantitative estimate of drug-likeness (QED) is 0.123. The van der Waals surface area contributed by atoms with Crippen molar-refractivity contribution in [1.29, 1.82) is 0 Å². The first-order valence-corrected chi connectivity index (χ1v) is 22.3. The maximum atomic E-state index is 2.52. The molecule has 2 heteroatoms. The van der Waals surface area contributed by atoms with Crippen LogP contribution in [-0.2, 0) is 5.41 Å². The van der Waals surface area contributed by atoms with Crippen LogP contribution < -0.4 is 13.2 Å². The fraction of sp³-hybridized carbons (Fsp3) is 0.0566. The van der Waals surface area contributed by atoms with Crippen LogP contribution in [0.3, 0.4) is 0 Å². The molecule has 0 saturated heterocycles. The molecular weight excluding hydrogens is 782 g/mol. The van der Waals surface area contributed by atoms with E-state index in [2.05, 4.69) is 206 Å². The molecule has 1 heterocycles. The van der Waals surface area contributed by atoms with Gasteiger partial charge in [0.15, 0.2) is 0 Å². The topological polar surface area (TPSA) is 0 Å². The van der Waals surface area contributed by atoms with Gasteiger partial charge < -0.3 is 0 Å². The summed E-state index contributed by atoms with van der Waals surface area (Å²) >= 11 is 1.73. The van der Waals surface area contributed by atoms with Gasteiger partial charge in [-0.2, -0.15) is 0 Å². The molecule has 9 aromatic carbocycles. The summed E-state index contributed by atoms with van der Waals surface area (Å²) in [5.41, 5.74) is 18.6. The Morgan fingerprint density at radius 3 is 1.71 bits per heavy atom. The van der Waals surface area contributed by atoms with E-state index in [1.54, 1.807) is 4.40 Å². The van der Waals surface area contributed by atoms with Crippen molar-refractivity contribution in [2.24, 2.45) is 0 Å². The van der Waals surface area contributed by atoms with Crippen LogP contribution in [0.5, 0.6) is 0 Å². The molecule has 0 amide bonds. The van der Waals surface area contributed by atoms with Crippen molar-refractivity contribution in [3.05, 3.63) is 187 Å². The zero-order valence-electron chi connectivity index (χ0n) is 30.7. The van der Waals surface area contributed by atoms with Crippen molar-refractivity contribution in [3.8, 4) is 66.8 Å². The van der Waals surface area contributed by atoms with Crippen LogP contribution in [0.1, 0.15) is 25.0 Å². The average Bonchev–Trinajstić information content (AvgIpc) is 3.72. The van der Waals surface area contributed by atoms with Gasteiger partial charge in [0.2, 0.25) is 0 Å². The van der Waals surface area contributed by atoms with Crippen LogP contribution in [0.15, 0.2) is 176 Å². The van der Waals surface area contributed by atoms with E-state index in [0.717, 1.165) is 0 Å². The summed E-state index contributed by atoms with van der Waals surface area (Å²) in [6.07, 6.45) is 0. The van der Waals surface area contributed by atoms with Gasteiger partial charge in [-0.3, -0.25) is 0 Å². The third kappa shape index (κ3) is 4.97. The predicted octanol–water partition coefficient (Wildman–Crippen LogP) is 11.4. The van der Waals surface area contributed by atoms with Gasteiger partial charge in [-0.05, 0) is 0 Å². The molecule has 0 bridgehead atoms. The van der Waals surface area contributed by atoms with E-state index >= 15 is 0 Å². The number of rotatable bonds is 4. The molecule has 1 aliphatic heterocycles. The molecule has 0 N–H and O–H groups in total. The molecule has 255 valence electrons. The van der Waals surface area contributed by atoms with Crippen LogP contribution in [0, 0.1) is 0 Å². The molecule has 2 aliphatic rings. The standard InChI is InChI=1S/C53H35Ge2/c1-53(2)46-26-6-3-18-42(46)51-43(25-13-27-47(51)53)50-38-21-10-19-34(32-14-9-15-33(30-32)35-16-4-7-28-48(35)54)44(38)31-45-36(20-11-22-39(45)50)40-23-12-24-41-37-17-5-8-29-49(37)55-52(40)41/h3-31H,1-2H3. The summed E-state index contributed by atoms with van der Waals surface area (Å²) in [5, 5.41) is 5.19. The molecule has 0 aromatic heterocycles. The second-order valence-electron chi connectivity index (χ2n) is 15.5. The summed E-state index contributed by atoms with van der Waals surface area (Å²) in [5.74, 6) is 0. The van der Waals surface area contributed by atoms with E-state index in [0.29, 0.717) is 0 Å². The first-order chi connectivity index (χ1) is 27.0. The Morgan fingerprint density at radius 2 is 0.909 bits per heavy atom. The van der Waals surface area contributed by atoms with Crippen molar-refractivity contribution in [2.45, 2.75) is 19.3 Å². The molecule has 1 aliphatic carbocycles. The van der Waals surface area contributed by atoms with Crippen LogP contribution >= 0.6 is 0 Å². The van der Waals surface area contributed by atoms with Crippen molar-refractivity contribution in [2.75, 3.05) is 0 Å². The molecule has 55 heavy (non-hydrogen) atoms. The number of hydrogen-bond acceptors (Lipinski definition) is 0. The first kappa shape index (κ1) is 33.0. The Labute approximate surface area is 337 Å². The molecular formula is C53H35Ge2. The summed E-state index contributed by atoms with van der Waals surface area (Å²) in [7, 11) is 0. The number of fused-ring (bicyclic) bond motifs is 8. The van der Waals surface area contributed by atoms with Gasteiger partial charge in [-0.15, -0.1) is 0 Å². The summed E-state index contributed by atoms with van der Waals surface area (Å²) in [6.45, 7) is 4.77. The second-order valence-corrected chi connectivity index (χ2v) is 19.3. The first-order valence-electron chi connectivity index (χ1n) is 19.1. The SMILES string of the molecule is CC1(C)c2ccccc2-c2c(-c3c4cccc(-c5cccc(-c6cccc[c]6[Ge])c5)c4cc4c(-c5cccc6[c]5[Ge][c]5ccccc5-6)cccc34)cccc21. The molecule has 0 spiro atoms. The summed E-state index contributed by atoms with van der Waals surface area (Å²) in [6, 6.07) is 66.5. The normalized spacial score (nSPS) is 13.4. The number of benzene rings is 9. The molecule has 0 nitrogen and oxygen atoms in total. The van der Waals surface area contributed by atoms with Crippen LogP contribution in [0.25, 0.3) is 88.3 Å². The second kappa shape index (κ2) is 12.6. The predicted molar refractivity (Wildman–Crippen MR) is 237 cm³/mol. The van der Waals surface area contributed by atoms with E-state index in [9.17, 15) is 0 Å². The van der Waals surface area contributed by atoms with E-state index in [-0.39, 0.29) is 5.41 Å². The summed E-state index contributed by atoms with van der Waals surface area (Å²) in [4.78, 5) is 0. The van der Waals surface area contributed by atoms with Gasteiger partial charge in [0.25, 0.3) is 0 Å². The molecule has 11 rings (SSSR count). The number of hydrogen-bond donors (Lipinski definition) is 0. The molecule has 0 unspecified atom stereocenters. The van der Waals surface area contributed by atoms with Gasteiger partial charge in [-0.1, -0.05) is 0 Å².